The van der Waals surface area contributed by atoms with Gasteiger partial charge in [0, 0.05) is 25.1 Å². The number of carboxylic acids is 1. The first kappa shape index (κ1) is 20.8. The van der Waals surface area contributed by atoms with Crippen LogP contribution in [0.15, 0.2) is 12.1 Å². The van der Waals surface area contributed by atoms with E-state index in [1.165, 1.54) is 13.2 Å². The molecule has 8 nitrogen and oxygen atoms in total. The van der Waals surface area contributed by atoms with Gasteiger partial charge in [0.05, 0.1) is 18.1 Å². The molecule has 10 heteroatoms. The zero-order valence-corrected chi connectivity index (χ0v) is 14.9. The van der Waals surface area contributed by atoms with Crippen LogP contribution in [0.1, 0.15) is 31.2 Å². The first-order valence-corrected chi connectivity index (χ1v) is 8.54. The van der Waals surface area contributed by atoms with Gasteiger partial charge >= 0.3 is 12.6 Å². The summed E-state index contributed by atoms with van der Waals surface area (Å²) in [5.41, 5.74) is 0.0106. The Kier molecular flexibility index (Phi) is 7.28. The first-order chi connectivity index (χ1) is 12.8. The Morgan fingerprint density at radius 3 is 2.78 bits per heavy atom. The lowest BCUT2D eigenvalue weighted by molar-refractivity contribution is -0.385. The average Bonchev–Trinajstić information content (AvgIpc) is 2.60. The third-order valence-corrected chi connectivity index (χ3v) is 4.54. The van der Waals surface area contributed by atoms with E-state index in [2.05, 4.69) is 4.74 Å². The van der Waals surface area contributed by atoms with E-state index in [1.807, 2.05) is 4.90 Å². The molecule has 0 aromatic heterocycles. The highest BCUT2D eigenvalue weighted by atomic mass is 19.3. The Labute approximate surface area is 154 Å². The number of piperidine rings is 1. The molecule has 0 bridgehead atoms. The Hall–Kier alpha value is -2.49. The van der Waals surface area contributed by atoms with Crippen molar-refractivity contribution in [3.8, 4) is 11.5 Å². The molecule has 1 fully saturated rings. The fourth-order valence-electron chi connectivity index (χ4n) is 3.33. The minimum absolute atomic E-state index is 0.00432. The molecule has 27 heavy (non-hydrogen) atoms. The van der Waals surface area contributed by atoms with Crippen LogP contribution in [0.25, 0.3) is 0 Å². The predicted molar refractivity (Wildman–Crippen MR) is 91.2 cm³/mol. The van der Waals surface area contributed by atoms with Crippen molar-refractivity contribution >= 4 is 11.7 Å². The van der Waals surface area contributed by atoms with Crippen LogP contribution < -0.4 is 9.47 Å². The van der Waals surface area contributed by atoms with Crippen LogP contribution in [-0.2, 0) is 11.3 Å². The summed E-state index contributed by atoms with van der Waals surface area (Å²) in [5, 5.41) is 20.2. The van der Waals surface area contributed by atoms with Crippen LogP contribution >= 0.6 is 0 Å². The van der Waals surface area contributed by atoms with Gasteiger partial charge in [-0.1, -0.05) is 0 Å². The first-order valence-electron chi connectivity index (χ1n) is 8.54. The third kappa shape index (κ3) is 6.02. The highest BCUT2D eigenvalue weighted by Crippen LogP contribution is 2.36. The minimum Gasteiger partial charge on any atom is -0.493 e. The highest BCUT2D eigenvalue weighted by molar-refractivity contribution is 5.66. The molecule has 0 aliphatic carbocycles. The fourth-order valence-corrected chi connectivity index (χ4v) is 3.33. The number of hydrogen-bond acceptors (Lipinski definition) is 6. The van der Waals surface area contributed by atoms with E-state index < -0.39 is 17.5 Å². The highest BCUT2D eigenvalue weighted by Gasteiger charge is 2.26. The Morgan fingerprint density at radius 1 is 1.44 bits per heavy atom. The lowest BCUT2D eigenvalue weighted by Crippen LogP contribution is -2.35. The Balaban J connectivity index is 2.18. The van der Waals surface area contributed by atoms with E-state index in [0.717, 1.165) is 25.5 Å². The monoisotopic (exact) mass is 388 g/mol. The van der Waals surface area contributed by atoms with Gasteiger partial charge in [0.2, 0.25) is 0 Å². The van der Waals surface area contributed by atoms with Gasteiger partial charge in [0.25, 0.3) is 5.69 Å². The zero-order chi connectivity index (χ0) is 20.0. The Morgan fingerprint density at radius 2 is 2.19 bits per heavy atom. The maximum absolute atomic E-state index is 12.5. The van der Waals surface area contributed by atoms with Crippen LogP contribution in [-0.4, -0.2) is 47.7 Å². The number of carbonyl (C=O) groups is 1. The number of ether oxygens (including phenoxy) is 2. The average molecular weight is 388 g/mol. The van der Waals surface area contributed by atoms with Crippen LogP contribution in [0.5, 0.6) is 11.5 Å². The van der Waals surface area contributed by atoms with Crippen molar-refractivity contribution in [2.75, 3.05) is 20.2 Å². The van der Waals surface area contributed by atoms with E-state index in [1.54, 1.807) is 0 Å². The number of carboxylic acid groups (broad SMARTS) is 1. The van der Waals surface area contributed by atoms with Crippen molar-refractivity contribution < 1.29 is 33.1 Å². The normalized spacial score (nSPS) is 17.7. The van der Waals surface area contributed by atoms with Crippen LogP contribution in [0.2, 0.25) is 0 Å². The van der Waals surface area contributed by atoms with Crippen molar-refractivity contribution in [1.82, 2.24) is 4.90 Å². The minimum atomic E-state index is -3.12. The van der Waals surface area contributed by atoms with Crippen LogP contribution in [0, 0.1) is 16.0 Å². The number of likely N-dealkylation sites (tertiary alicyclic amines) is 1. The van der Waals surface area contributed by atoms with E-state index in [0.29, 0.717) is 18.5 Å². The number of alkyl halides is 2. The lowest BCUT2D eigenvalue weighted by Gasteiger charge is -2.32. The quantitative estimate of drug-likeness (QED) is 0.511. The topological polar surface area (TPSA) is 102 Å². The van der Waals surface area contributed by atoms with E-state index in [-0.39, 0.29) is 36.1 Å². The molecule has 0 radical (unpaired) electrons. The number of hydrogen-bond donors (Lipinski definition) is 1. The molecule has 0 spiro atoms. The molecule has 1 saturated heterocycles. The molecule has 0 saturated carbocycles. The van der Waals surface area contributed by atoms with Crippen LogP contribution in [0.4, 0.5) is 14.5 Å². The second-order valence-corrected chi connectivity index (χ2v) is 6.44. The SMILES string of the molecule is COc1cc(CN2CCCC(CCC(=O)O)C2)c([N+](=O)[O-])cc1OC(F)F. The molecule has 1 aromatic carbocycles. The molecule has 2 rings (SSSR count). The summed E-state index contributed by atoms with van der Waals surface area (Å²) in [7, 11) is 1.27. The van der Waals surface area contributed by atoms with E-state index >= 15 is 0 Å². The lowest BCUT2D eigenvalue weighted by atomic mass is 9.93. The smallest absolute Gasteiger partial charge is 0.387 e. The van der Waals surface area contributed by atoms with Crippen molar-refractivity contribution in [3.05, 3.63) is 27.8 Å². The molecule has 150 valence electrons. The number of nitro benzene ring substituents is 1. The molecule has 1 atom stereocenters. The van der Waals surface area contributed by atoms with Crippen molar-refractivity contribution in [1.29, 1.82) is 0 Å². The van der Waals surface area contributed by atoms with Gasteiger partial charge in [0.1, 0.15) is 0 Å². The summed E-state index contributed by atoms with van der Waals surface area (Å²) in [6, 6.07) is 2.29. The molecule has 1 unspecified atom stereocenters. The Bertz CT molecular complexity index is 686. The summed E-state index contributed by atoms with van der Waals surface area (Å²) < 4.78 is 34.4. The maximum Gasteiger partial charge on any atom is 0.387 e. The summed E-state index contributed by atoms with van der Waals surface area (Å²) in [6.07, 6.45) is 2.42. The van der Waals surface area contributed by atoms with Gasteiger partial charge in [-0.15, -0.1) is 0 Å². The van der Waals surface area contributed by atoms with Crippen molar-refractivity contribution in [2.24, 2.45) is 5.92 Å². The number of methoxy groups -OCH3 is 1. The molecule has 1 aromatic rings. The van der Waals surface area contributed by atoms with Gasteiger partial charge in [-0.2, -0.15) is 8.78 Å². The summed E-state index contributed by atoms with van der Waals surface area (Å²) >= 11 is 0. The number of rotatable bonds is 9. The fraction of sp³-hybridized carbons (Fsp3) is 0.588. The second kappa shape index (κ2) is 9.45. The summed E-state index contributed by atoms with van der Waals surface area (Å²) in [5.74, 6) is -1.03. The number of halogens is 2. The third-order valence-electron chi connectivity index (χ3n) is 4.54. The van der Waals surface area contributed by atoms with Crippen molar-refractivity contribution in [3.63, 3.8) is 0 Å². The zero-order valence-electron chi connectivity index (χ0n) is 14.9. The molecule has 1 aliphatic rings. The number of aliphatic carboxylic acids is 1. The van der Waals surface area contributed by atoms with Gasteiger partial charge in [-0.05, 0) is 37.8 Å². The van der Waals surface area contributed by atoms with Crippen molar-refractivity contribution in [2.45, 2.75) is 38.8 Å². The van der Waals surface area contributed by atoms with Crippen LogP contribution in [0.3, 0.4) is 0 Å². The molecule has 1 aliphatic heterocycles. The van der Waals surface area contributed by atoms with Gasteiger partial charge in [0.15, 0.2) is 11.5 Å². The second-order valence-electron chi connectivity index (χ2n) is 6.44. The molecule has 1 N–H and O–H groups in total. The summed E-state index contributed by atoms with van der Waals surface area (Å²) in [4.78, 5) is 23.5. The number of nitro groups is 1. The van der Waals surface area contributed by atoms with Gasteiger partial charge in [-0.3, -0.25) is 19.8 Å². The standard InChI is InChI=1S/C17H22F2N2O6/c1-26-14-7-12(13(21(24)25)8-15(14)27-17(18)19)10-20-6-2-3-11(9-20)4-5-16(22)23/h7-8,11,17H,2-6,9-10H2,1H3,(H,22,23). The molecule has 1 heterocycles. The van der Waals surface area contributed by atoms with Gasteiger partial charge in [-0.25, -0.2) is 0 Å². The number of nitrogens with zero attached hydrogens (tertiary/aromatic N) is 2. The molecule has 0 amide bonds. The number of benzene rings is 1. The molecular formula is C17H22F2N2O6. The molecular weight excluding hydrogens is 366 g/mol. The van der Waals surface area contributed by atoms with E-state index in [9.17, 15) is 23.7 Å². The van der Waals surface area contributed by atoms with E-state index in [4.69, 9.17) is 9.84 Å². The predicted octanol–water partition coefficient (Wildman–Crippen LogP) is 3.28. The summed E-state index contributed by atoms with van der Waals surface area (Å²) in [6.45, 7) is -1.53. The van der Waals surface area contributed by atoms with Gasteiger partial charge < -0.3 is 14.6 Å². The largest absolute Gasteiger partial charge is 0.493 e. The maximum atomic E-state index is 12.5.